The summed E-state index contributed by atoms with van der Waals surface area (Å²) < 4.78 is 5.17. The molecule has 0 aliphatic rings. The van der Waals surface area contributed by atoms with E-state index in [1.165, 1.54) is 0 Å². The van der Waals surface area contributed by atoms with E-state index in [1.807, 2.05) is 20.8 Å². The predicted molar refractivity (Wildman–Crippen MR) is 66.9 cm³/mol. The fourth-order valence-electron chi connectivity index (χ4n) is 1.43. The Morgan fingerprint density at radius 2 is 1.88 bits per heavy atom. The average Bonchev–Trinajstić information content (AvgIpc) is 2.45. The number of hydrogen-bond acceptors (Lipinski definition) is 3. The second kappa shape index (κ2) is 4.51. The first-order valence-electron chi connectivity index (χ1n) is 5.85. The van der Waals surface area contributed by atoms with E-state index in [9.17, 15) is 4.79 Å². The maximum Gasteiger partial charge on any atom is 0.273 e. The van der Waals surface area contributed by atoms with E-state index in [0.717, 1.165) is 12.2 Å². The molecule has 0 bridgehead atoms. The van der Waals surface area contributed by atoms with Crippen molar-refractivity contribution < 1.29 is 9.32 Å². The van der Waals surface area contributed by atoms with Crippen LogP contribution in [-0.2, 0) is 6.42 Å². The van der Waals surface area contributed by atoms with Gasteiger partial charge in [-0.2, -0.15) is 0 Å². The van der Waals surface area contributed by atoms with Crippen molar-refractivity contribution in [2.45, 2.75) is 53.5 Å². The largest absolute Gasteiger partial charge is 0.361 e. The molecule has 0 unspecified atom stereocenters. The van der Waals surface area contributed by atoms with Gasteiger partial charge in [0.2, 0.25) is 0 Å². The van der Waals surface area contributed by atoms with Gasteiger partial charge in [-0.05, 0) is 26.2 Å². The lowest BCUT2D eigenvalue weighted by Gasteiger charge is -2.19. The third-order valence-corrected chi connectivity index (χ3v) is 1.98. The molecule has 1 heterocycles. The molecule has 0 atom stereocenters. The van der Waals surface area contributed by atoms with E-state index < -0.39 is 0 Å². The fraction of sp³-hybridized carbons (Fsp3) is 0.692. The van der Waals surface area contributed by atoms with Gasteiger partial charge in [-0.15, -0.1) is 0 Å². The van der Waals surface area contributed by atoms with Gasteiger partial charge in [0, 0.05) is 18.0 Å². The number of carbonyl (C=O) groups is 1. The summed E-state index contributed by atoms with van der Waals surface area (Å²) in [6.07, 6.45) is 0.767. The third kappa shape index (κ3) is 5.02. The Hall–Kier alpha value is -1.32. The predicted octanol–water partition coefficient (Wildman–Crippen LogP) is 2.79. The molecule has 1 rings (SSSR count). The molecule has 1 amide bonds. The highest BCUT2D eigenvalue weighted by Crippen LogP contribution is 2.21. The number of carbonyl (C=O) groups excluding carboxylic acids is 1. The van der Waals surface area contributed by atoms with Crippen molar-refractivity contribution in [2.24, 2.45) is 5.41 Å². The lowest BCUT2D eigenvalue weighted by Crippen LogP contribution is -2.40. The van der Waals surface area contributed by atoms with Crippen molar-refractivity contribution in [1.29, 1.82) is 0 Å². The van der Waals surface area contributed by atoms with Crippen LogP contribution in [0.1, 0.15) is 57.8 Å². The van der Waals surface area contributed by atoms with Crippen LogP contribution in [0.25, 0.3) is 0 Å². The molecule has 0 saturated carbocycles. The molecule has 1 aromatic rings. The van der Waals surface area contributed by atoms with E-state index in [-0.39, 0.29) is 16.9 Å². The first-order valence-corrected chi connectivity index (χ1v) is 5.85. The maximum atomic E-state index is 11.8. The van der Waals surface area contributed by atoms with E-state index in [1.54, 1.807) is 6.07 Å². The monoisotopic (exact) mass is 238 g/mol. The van der Waals surface area contributed by atoms with Gasteiger partial charge >= 0.3 is 0 Å². The zero-order valence-electron chi connectivity index (χ0n) is 11.5. The van der Waals surface area contributed by atoms with Crippen molar-refractivity contribution >= 4 is 5.91 Å². The highest BCUT2D eigenvalue weighted by molar-refractivity contribution is 5.92. The molecule has 0 aliphatic carbocycles. The van der Waals surface area contributed by atoms with Crippen molar-refractivity contribution in [1.82, 2.24) is 10.5 Å². The van der Waals surface area contributed by atoms with Gasteiger partial charge in [0.1, 0.15) is 5.76 Å². The number of aromatic nitrogens is 1. The summed E-state index contributed by atoms with van der Waals surface area (Å²) in [5.41, 5.74) is 0.205. The van der Waals surface area contributed by atoms with Gasteiger partial charge in [-0.25, -0.2) is 0 Å². The van der Waals surface area contributed by atoms with E-state index in [2.05, 4.69) is 31.2 Å². The second-order valence-corrected chi connectivity index (χ2v) is 6.62. The summed E-state index contributed by atoms with van der Waals surface area (Å²) >= 11 is 0. The number of hydrogen-bond donors (Lipinski definition) is 1. The van der Waals surface area contributed by atoms with Crippen LogP contribution in [0.2, 0.25) is 0 Å². The summed E-state index contributed by atoms with van der Waals surface area (Å²) in [5, 5.41) is 6.65. The Kier molecular flexibility index (Phi) is 3.65. The van der Waals surface area contributed by atoms with Crippen LogP contribution in [0, 0.1) is 5.41 Å². The first-order chi connectivity index (χ1) is 7.57. The van der Waals surface area contributed by atoms with E-state index >= 15 is 0 Å². The Bertz CT molecular complexity index is 394. The number of amides is 1. The van der Waals surface area contributed by atoms with E-state index in [4.69, 9.17) is 4.52 Å². The quantitative estimate of drug-likeness (QED) is 0.862. The first kappa shape index (κ1) is 13.7. The molecule has 0 spiro atoms. The Balaban J connectivity index is 2.72. The maximum absolute atomic E-state index is 11.8. The Morgan fingerprint density at radius 1 is 1.29 bits per heavy atom. The highest BCUT2D eigenvalue weighted by Gasteiger charge is 2.20. The van der Waals surface area contributed by atoms with Gasteiger partial charge in [0.15, 0.2) is 5.69 Å². The standard InChI is InChI=1S/C13H22N2O2/c1-12(2,3)8-9-7-10(15-17-9)11(16)14-13(4,5)6/h7H,8H2,1-6H3,(H,14,16). The highest BCUT2D eigenvalue weighted by atomic mass is 16.5. The molecule has 4 nitrogen and oxygen atoms in total. The molecule has 17 heavy (non-hydrogen) atoms. The topological polar surface area (TPSA) is 55.1 Å². The smallest absolute Gasteiger partial charge is 0.273 e. The summed E-state index contributed by atoms with van der Waals surface area (Å²) in [6.45, 7) is 12.1. The van der Waals surface area contributed by atoms with Gasteiger partial charge in [0.25, 0.3) is 5.91 Å². The molecule has 0 aliphatic heterocycles. The minimum absolute atomic E-state index is 0.122. The molecular formula is C13H22N2O2. The van der Waals surface area contributed by atoms with Gasteiger partial charge < -0.3 is 9.84 Å². The van der Waals surface area contributed by atoms with Crippen molar-refractivity contribution in [3.63, 3.8) is 0 Å². The van der Waals surface area contributed by atoms with Crippen LogP contribution < -0.4 is 5.32 Å². The molecule has 0 aromatic carbocycles. The van der Waals surface area contributed by atoms with Crippen molar-refractivity contribution in [2.75, 3.05) is 0 Å². The third-order valence-electron chi connectivity index (χ3n) is 1.98. The minimum Gasteiger partial charge on any atom is -0.361 e. The Morgan fingerprint density at radius 3 is 2.35 bits per heavy atom. The fourth-order valence-corrected chi connectivity index (χ4v) is 1.43. The summed E-state index contributed by atoms with van der Waals surface area (Å²) in [6, 6.07) is 1.71. The molecule has 1 N–H and O–H groups in total. The molecular weight excluding hydrogens is 216 g/mol. The van der Waals surface area contributed by atoms with E-state index in [0.29, 0.717) is 5.69 Å². The van der Waals surface area contributed by atoms with Gasteiger partial charge in [-0.3, -0.25) is 4.79 Å². The molecule has 96 valence electrons. The number of rotatable bonds is 2. The SMILES string of the molecule is CC(C)(C)Cc1cc(C(=O)NC(C)(C)C)no1. The zero-order valence-corrected chi connectivity index (χ0v) is 11.5. The zero-order chi connectivity index (χ0) is 13.3. The lowest BCUT2D eigenvalue weighted by molar-refractivity contribution is 0.0910. The molecule has 1 aromatic heterocycles. The lowest BCUT2D eigenvalue weighted by atomic mass is 9.91. The number of nitrogens with zero attached hydrogens (tertiary/aromatic N) is 1. The van der Waals surface area contributed by atoms with Crippen molar-refractivity contribution in [3.8, 4) is 0 Å². The molecule has 0 radical (unpaired) electrons. The van der Waals surface area contributed by atoms with Crippen LogP contribution in [0.5, 0.6) is 0 Å². The normalized spacial score (nSPS) is 12.6. The minimum atomic E-state index is -0.264. The molecule has 0 fully saturated rings. The summed E-state index contributed by atoms with van der Waals surface area (Å²) in [5.74, 6) is 0.554. The molecule has 0 saturated heterocycles. The molecule has 4 heteroatoms. The second-order valence-electron chi connectivity index (χ2n) is 6.62. The van der Waals surface area contributed by atoms with Crippen LogP contribution >= 0.6 is 0 Å². The van der Waals surface area contributed by atoms with Gasteiger partial charge in [0.05, 0.1) is 0 Å². The summed E-state index contributed by atoms with van der Waals surface area (Å²) in [4.78, 5) is 11.8. The number of nitrogens with one attached hydrogen (secondary N) is 1. The van der Waals surface area contributed by atoms with Crippen LogP contribution in [0.3, 0.4) is 0 Å². The van der Waals surface area contributed by atoms with Gasteiger partial charge in [-0.1, -0.05) is 25.9 Å². The average molecular weight is 238 g/mol. The van der Waals surface area contributed by atoms with Crippen LogP contribution in [0.4, 0.5) is 0 Å². The van der Waals surface area contributed by atoms with Crippen LogP contribution in [-0.4, -0.2) is 16.6 Å². The van der Waals surface area contributed by atoms with Crippen LogP contribution in [0.15, 0.2) is 10.6 Å². The van der Waals surface area contributed by atoms with Crippen molar-refractivity contribution in [3.05, 3.63) is 17.5 Å². The summed E-state index contributed by atoms with van der Waals surface area (Å²) in [7, 11) is 0. The Labute approximate surface area is 103 Å².